The van der Waals surface area contributed by atoms with E-state index in [0.717, 1.165) is 11.4 Å². The van der Waals surface area contributed by atoms with Crippen LogP contribution in [0.3, 0.4) is 0 Å². The third-order valence-electron chi connectivity index (χ3n) is 1.96. The second-order valence-corrected chi connectivity index (χ2v) is 3.97. The number of ether oxygens (including phenoxy) is 1. The normalized spacial score (nSPS) is 10.2. The zero-order valence-corrected chi connectivity index (χ0v) is 10.2. The third-order valence-corrected chi connectivity index (χ3v) is 2.17. The van der Waals surface area contributed by atoms with Crippen LogP contribution in [0, 0.1) is 13.8 Å². The molecule has 3 N–H and O–H groups in total. The van der Waals surface area contributed by atoms with Crippen LogP contribution in [0.2, 0.25) is 0 Å². The summed E-state index contributed by atoms with van der Waals surface area (Å²) in [4.78, 5) is 8.41. The van der Waals surface area contributed by atoms with Gasteiger partial charge >= 0.3 is 6.01 Å². The molecule has 2 aromatic heterocycles. The maximum absolute atomic E-state index is 5.51. The standard InChI is InChI=1S/C10H11N5OS/c1-5-3-7(9(11)17)13-10(12-5)16-8-4-6(2)14-15-8/h3-4H,1-2H3,(H2,11,17)(H,14,15). The molecule has 0 saturated heterocycles. The van der Waals surface area contributed by atoms with Crippen molar-refractivity contribution >= 4 is 17.2 Å². The molecule has 2 aromatic rings. The lowest BCUT2D eigenvalue weighted by Crippen LogP contribution is -2.13. The lowest BCUT2D eigenvalue weighted by Gasteiger charge is -2.03. The fourth-order valence-electron chi connectivity index (χ4n) is 1.25. The minimum Gasteiger partial charge on any atom is -0.404 e. The monoisotopic (exact) mass is 249 g/mol. The molecule has 0 aliphatic rings. The maximum Gasteiger partial charge on any atom is 0.324 e. The highest BCUT2D eigenvalue weighted by Gasteiger charge is 2.08. The number of hydrogen-bond acceptors (Lipinski definition) is 5. The Morgan fingerprint density at radius 2 is 2.12 bits per heavy atom. The van der Waals surface area contributed by atoms with Gasteiger partial charge in [-0.2, -0.15) is 4.98 Å². The summed E-state index contributed by atoms with van der Waals surface area (Å²) < 4.78 is 5.39. The fourth-order valence-corrected chi connectivity index (χ4v) is 1.36. The van der Waals surface area contributed by atoms with E-state index in [4.69, 9.17) is 22.7 Å². The molecule has 2 heterocycles. The molecule has 0 aliphatic heterocycles. The molecule has 17 heavy (non-hydrogen) atoms. The van der Waals surface area contributed by atoms with Gasteiger partial charge in [-0.15, -0.1) is 5.10 Å². The van der Waals surface area contributed by atoms with Crippen LogP contribution >= 0.6 is 12.2 Å². The minimum absolute atomic E-state index is 0.180. The molecule has 0 radical (unpaired) electrons. The summed E-state index contributed by atoms with van der Waals surface area (Å²) in [6, 6.07) is 3.62. The summed E-state index contributed by atoms with van der Waals surface area (Å²) in [6.07, 6.45) is 0. The summed E-state index contributed by atoms with van der Waals surface area (Å²) in [5.74, 6) is 0.405. The van der Waals surface area contributed by atoms with E-state index in [1.54, 1.807) is 12.1 Å². The Bertz CT molecular complexity index is 566. The molecule has 0 fully saturated rings. The summed E-state index contributed by atoms with van der Waals surface area (Å²) in [6.45, 7) is 3.68. The predicted molar refractivity (Wildman–Crippen MR) is 66.1 cm³/mol. The van der Waals surface area contributed by atoms with Crippen molar-refractivity contribution < 1.29 is 4.74 Å². The number of hydrogen-bond donors (Lipinski definition) is 2. The Kier molecular flexibility index (Phi) is 3.01. The Morgan fingerprint density at radius 3 is 2.71 bits per heavy atom. The predicted octanol–water partition coefficient (Wildman–Crippen LogP) is 1.24. The second kappa shape index (κ2) is 4.46. The van der Waals surface area contributed by atoms with E-state index in [1.807, 2.05) is 13.8 Å². The Labute approximate surface area is 103 Å². The van der Waals surface area contributed by atoms with Crippen molar-refractivity contribution in [3.63, 3.8) is 0 Å². The molecule has 88 valence electrons. The van der Waals surface area contributed by atoms with E-state index in [2.05, 4.69) is 20.2 Å². The summed E-state index contributed by atoms with van der Waals surface area (Å²) in [7, 11) is 0. The minimum atomic E-state index is 0.180. The Balaban J connectivity index is 2.29. The van der Waals surface area contributed by atoms with Gasteiger partial charge in [-0.1, -0.05) is 12.2 Å². The van der Waals surface area contributed by atoms with Gasteiger partial charge < -0.3 is 10.5 Å². The number of nitrogens with zero attached hydrogens (tertiary/aromatic N) is 3. The van der Waals surface area contributed by atoms with Gasteiger partial charge in [0.15, 0.2) is 0 Å². The lowest BCUT2D eigenvalue weighted by atomic mass is 10.3. The van der Waals surface area contributed by atoms with Crippen molar-refractivity contribution in [2.75, 3.05) is 0 Å². The molecule has 0 amide bonds. The van der Waals surface area contributed by atoms with Crippen LogP contribution in [0.4, 0.5) is 0 Å². The highest BCUT2D eigenvalue weighted by atomic mass is 32.1. The number of nitrogens with two attached hydrogens (primary N) is 1. The first-order valence-corrected chi connectivity index (χ1v) is 5.31. The number of rotatable bonds is 3. The molecule has 0 bridgehead atoms. The quantitative estimate of drug-likeness (QED) is 0.795. The molecule has 6 nitrogen and oxygen atoms in total. The number of aromatic nitrogens is 4. The van der Waals surface area contributed by atoms with E-state index in [0.29, 0.717) is 11.6 Å². The van der Waals surface area contributed by atoms with Crippen LogP contribution in [0.1, 0.15) is 17.1 Å². The Morgan fingerprint density at radius 1 is 1.35 bits per heavy atom. The van der Waals surface area contributed by atoms with Crippen LogP contribution in [-0.2, 0) is 0 Å². The van der Waals surface area contributed by atoms with Crippen LogP contribution in [0.15, 0.2) is 12.1 Å². The van der Waals surface area contributed by atoms with Gasteiger partial charge in [0.2, 0.25) is 5.88 Å². The van der Waals surface area contributed by atoms with E-state index in [9.17, 15) is 0 Å². The molecule has 0 atom stereocenters. The van der Waals surface area contributed by atoms with E-state index in [1.165, 1.54) is 0 Å². The first-order chi connectivity index (χ1) is 8.04. The summed E-state index contributed by atoms with van der Waals surface area (Å²) in [5, 5.41) is 6.68. The van der Waals surface area contributed by atoms with Crippen molar-refractivity contribution in [1.29, 1.82) is 0 Å². The van der Waals surface area contributed by atoms with Gasteiger partial charge in [0.05, 0.1) is 0 Å². The van der Waals surface area contributed by atoms with Gasteiger partial charge in [0, 0.05) is 17.5 Å². The zero-order valence-electron chi connectivity index (χ0n) is 9.39. The van der Waals surface area contributed by atoms with E-state index >= 15 is 0 Å². The average molecular weight is 249 g/mol. The van der Waals surface area contributed by atoms with Crippen molar-refractivity contribution in [2.24, 2.45) is 5.73 Å². The van der Waals surface area contributed by atoms with Crippen LogP contribution in [0.25, 0.3) is 0 Å². The van der Waals surface area contributed by atoms with E-state index < -0.39 is 0 Å². The number of thiocarbonyl (C=S) groups is 1. The smallest absolute Gasteiger partial charge is 0.324 e. The molecule has 0 aromatic carbocycles. The third kappa shape index (κ3) is 2.76. The molecule has 0 unspecified atom stereocenters. The second-order valence-electron chi connectivity index (χ2n) is 3.53. The molecular formula is C10H11N5OS. The fraction of sp³-hybridized carbons (Fsp3) is 0.200. The number of nitrogens with one attached hydrogen (secondary N) is 1. The highest BCUT2D eigenvalue weighted by Crippen LogP contribution is 2.16. The van der Waals surface area contributed by atoms with Crippen LogP contribution in [0.5, 0.6) is 11.9 Å². The zero-order chi connectivity index (χ0) is 12.4. The van der Waals surface area contributed by atoms with Crippen molar-refractivity contribution in [3.05, 3.63) is 29.2 Å². The summed E-state index contributed by atoms with van der Waals surface area (Å²) in [5.41, 5.74) is 7.61. The van der Waals surface area contributed by atoms with Gasteiger partial charge in [-0.05, 0) is 19.9 Å². The molecule has 0 aliphatic carbocycles. The molecular weight excluding hydrogens is 238 g/mol. The highest BCUT2D eigenvalue weighted by molar-refractivity contribution is 7.80. The van der Waals surface area contributed by atoms with Crippen LogP contribution < -0.4 is 10.5 Å². The van der Waals surface area contributed by atoms with Gasteiger partial charge in [-0.3, -0.25) is 5.10 Å². The average Bonchev–Trinajstić information content (AvgIpc) is 2.63. The SMILES string of the molecule is Cc1cc(C(N)=S)nc(Oc2cc(C)[nH]n2)n1. The largest absolute Gasteiger partial charge is 0.404 e. The molecule has 2 rings (SSSR count). The van der Waals surface area contributed by atoms with Crippen LogP contribution in [-0.4, -0.2) is 25.2 Å². The maximum atomic E-state index is 5.51. The van der Waals surface area contributed by atoms with Crippen molar-refractivity contribution in [3.8, 4) is 11.9 Å². The first kappa shape index (κ1) is 11.5. The Hall–Kier alpha value is -2.02. The number of H-pyrrole nitrogens is 1. The topological polar surface area (TPSA) is 89.7 Å². The number of aromatic amines is 1. The van der Waals surface area contributed by atoms with Gasteiger partial charge in [0.25, 0.3) is 0 Å². The van der Waals surface area contributed by atoms with Crippen molar-refractivity contribution in [1.82, 2.24) is 20.2 Å². The van der Waals surface area contributed by atoms with Crippen molar-refractivity contribution in [2.45, 2.75) is 13.8 Å². The van der Waals surface area contributed by atoms with Gasteiger partial charge in [0.1, 0.15) is 10.7 Å². The molecule has 0 saturated carbocycles. The number of aryl methyl sites for hydroxylation is 2. The van der Waals surface area contributed by atoms with Gasteiger partial charge in [-0.25, -0.2) is 4.98 Å². The van der Waals surface area contributed by atoms with E-state index in [-0.39, 0.29) is 11.0 Å². The first-order valence-electron chi connectivity index (χ1n) is 4.90. The molecule has 7 heteroatoms. The lowest BCUT2D eigenvalue weighted by molar-refractivity contribution is 0.422. The molecule has 0 spiro atoms. The summed E-state index contributed by atoms with van der Waals surface area (Å²) >= 11 is 4.86.